The smallest absolute Gasteiger partial charge is 0.337 e. The number of hydrogen-bond donors (Lipinski definition) is 1. The predicted molar refractivity (Wildman–Crippen MR) is 86.3 cm³/mol. The highest BCUT2D eigenvalue weighted by atomic mass is 16.5. The fourth-order valence-electron chi connectivity index (χ4n) is 2.71. The van der Waals surface area contributed by atoms with Crippen LogP contribution in [0.4, 0.5) is 0 Å². The van der Waals surface area contributed by atoms with E-state index in [-0.39, 0.29) is 12.5 Å². The van der Waals surface area contributed by atoms with Crippen LogP contribution in [0.15, 0.2) is 28.8 Å². The molecule has 0 aliphatic carbocycles. The summed E-state index contributed by atoms with van der Waals surface area (Å²) in [6.45, 7) is 0.727. The number of likely N-dealkylation sites (tertiary alicyclic amines) is 1. The van der Waals surface area contributed by atoms with Gasteiger partial charge in [-0.05, 0) is 31.4 Å². The summed E-state index contributed by atoms with van der Waals surface area (Å²) in [6.07, 6.45) is 1.16. The van der Waals surface area contributed by atoms with E-state index in [1.54, 1.807) is 24.3 Å². The average molecular weight is 345 g/mol. The number of esters is 1. The summed E-state index contributed by atoms with van der Waals surface area (Å²) >= 11 is 0. The summed E-state index contributed by atoms with van der Waals surface area (Å²) < 4.78 is 9.87. The third-order valence-corrected chi connectivity index (χ3v) is 4.11. The fourth-order valence-corrected chi connectivity index (χ4v) is 2.71. The van der Waals surface area contributed by atoms with E-state index in [4.69, 9.17) is 4.52 Å². The van der Waals surface area contributed by atoms with Crippen molar-refractivity contribution in [3.63, 3.8) is 0 Å². The van der Waals surface area contributed by atoms with E-state index in [0.717, 1.165) is 12.8 Å². The maximum atomic E-state index is 12.1. The van der Waals surface area contributed by atoms with Gasteiger partial charge < -0.3 is 19.3 Å². The molecule has 1 atom stereocenters. The van der Waals surface area contributed by atoms with Gasteiger partial charge in [-0.1, -0.05) is 17.3 Å². The predicted octanol–water partition coefficient (Wildman–Crippen LogP) is 1.40. The van der Waals surface area contributed by atoms with Gasteiger partial charge in [-0.2, -0.15) is 4.98 Å². The second kappa shape index (κ2) is 7.43. The Kier molecular flexibility index (Phi) is 5.08. The molecule has 0 spiro atoms. The number of amides is 1. The number of rotatable bonds is 4. The van der Waals surface area contributed by atoms with Crippen LogP contribution in [0.25, 0.3) is 11.4 Å². The molecule has 1 aromatic heterocycles. The monoisotopic (exact) mass is 345 g/mol. The quantitative estimate of drug-likeness (QED) is 0.835. The van der Waals surface area contributed by atoms with Gasteiger partial charge in [0.15, 0.2) is 0 Å². The minimum Gasteiger partial charge on any atom is -0.465 e. The first kappa shape index (κ1) is 17.1. The number of carbonyl (C=O) groups excluding carboxylic acids is 2. The van der Waals surface area contributed by atoms with Crippen molar-refractivity contribution in [3.05, 3.63) is 35.7 Å². The number of carbonyl (C=O) groups is 2. The summed E-state index contributed by atoms with van der Waals surface area (Å²) in [4.78, 5) is 29.4. The molecule has 25 heavy (non-hydrogen) atoms. The largest absolute Gasteiger partial charge is 0.465 e. The minimum atomic E-state index is -0.962. The van der Waals surface area contributed by atoms with Crippen molar-refractivity contribution in [1.82, 2.24) is 15.0 Å². The van der Waals surface area contributed by atoms with Gasteiger partial charge in [0.2, 0.25) is 11.7 Å². The molecule has 1 saturated heterocycles. The molecule has 3 rings (SSSR count). The maximum Gasteiger partial charge on any atom is 0.337 e. The van der Waals surface area contributed by atoms with E-state index in [1.165, 1.54) is 12.0 Å². The second-order valence-electron chi connectivity index (χ2n) is 5.85. The molecule has 2 heterocycles. The molecular formula is C17H19N3O5. The third kappa shape index (κ3) is 3.85. The number of nitrogens with zero attached hydrogens (tertiary/aromatic N) is 3. The van der Waals surface area contributed by atoms with Gasteiger partial charge in [-0.25, -0.2) is 4.79 Å². The van der Waals surface area contributed by atoms with Crippen LogP contribution < -0.4 is 0 Å². The Labute approximate surface area is 144 Å². The summed E-state index contributed by atoms with van der Waals surface area (Å²) in [5, 5.41) is 13.7. The maximum absolute atomic E-state index is 12.1. The Balaban J connectivity index is 1.71. The van der Waals surface area contributed by atoms with Crippen LogP contribution in [0, 0.1) is 0 Å². The highest BCUT2D eigenvalue weighted by Crippen LogP contribution is 2.19. The van der Waals surface area contributed by atoms with Crippen molar-refractivity contribution in [3.8, 4) is 11.4 Å². The van der Waals surface area contributed by atoms with Crippen molar-refractivity contribution >= 4 is 11.9 Å². The SMILES string of the molecule is COC(=O)c1ccc(-c2noc(CN3CCCC[C@H](O)C3=O)n2)cc1. The number of ether oxygens (including phenoxy) is 1. The van der Waals surface area contributed by atoms with Crippen LogP contribution >= 0.6 is 0 Å². The zero-order chi connectivity index (χ0) is 17.8. The second-order valence-corrected chi connectivity index (χ2v) is 5.85. The van der Waals surface area contributed by atoms with Crippen LogP contribution in [0.3, 0.4) is 0 Å². The number of benzene rings is 1. The van der Waals surface area contributed by atoms with Crippen LogP contribution in [0.1, 0.15) is 35.5 Å². The first-order chi connectivity index (χ1) is 12.1. The van der Waals surface area contributed by atoms with E-state index in [2.05, 4.69) is 14.9 Å². The van der Waals surface area contributed by atoms with E-state index in [9.17, 15) is 14.7 Å². The van der Waals surface area contributed by atoms with E-state index in [1.807, 2.05) is 0 Å². The van der Waals surface area contributed by atoms with Crippen LogP contribution in [0.5, 0.6) is 0 Å². The molecule has 0 saturated carbocycles. The Morgan fingerprint density at radius 2 is 2.12 bits per heavy atom. The Bertz CT molecular complexity index is 756. The van der Waals surface area contributed by atoms with Gasteiger partial charge in [0, 0.05) is 12.1 Å². The molecule has 8 heteroatoms. The lowest BCUT2D eigenvalue weighted by atomic mass is 10.1. The summed E-state index contributed by atoms with van der Waals surface area (Å²) in [7, 11) is 1.32. The Morgan fingerprint density at radius 3 is 2.84 bits per heavy atom. The van der Waals surface area contributed by atoms with Gasteiger partial charge in [-0.3, -0.25) is 4.79 Å². The van der Waals surface area contributed by atoms with Gasteiger partial charge >= 0.3 is 5.97 Å². The summed E-state index contributed by atoms with van der Waals surface area (Å²) in [5.41, 5.74) is 1.11. The first-order valence-electron chi connectivity index (χ1n) is 8.06. The number of aromatic nitrogens is 2. The summed E-state index contributed by atoms with van der Waals surface area (Å²) in [6, 6.07) is 6.63. The molecule has 1 N–H and O–H groups in total. The van der Waals surface area contributed by atoms with Gasteiger partial charge in [0.1, 0.15) is 12.6 Å². The van der Waals surface area contributed by atoms with E-state index in [0.29, 0.717) is 35.8 Å². The molecule has 1 aromatic carbocycles. The zero-order valence-electron chi connectivity index (χ0n) is 13.8. The van der Waals surface area contributed by atoms with Crippen LogP contribution in [-0.2, 0) is 16.1 Å². The van der Waals surface area contributed by atoms with E-state index < -0.39 is 12.1 Å². The molecule has 0 bridgehead atoms. The van der Waals surface area contributed by atoms with Crippen molar-refractivity contribution in [2.75, 3.05) is 13.7 Å². The van der Waals surface area contributed by atoms with Gasteiger partial charge in [0.05, 0.1) is 12.7 Å². The Hall–Kier alpha value is -2.74. The van der Waals surface area contributed by atoms with Crippen molar-refractivity contribution < 1.29 is 24.0 Å². The fraction of sp³-hybridized carbons (Fsp3) is 0.412. The number of hydrogen-bond acceptors (Lipinski definition) is 7. The molecule has 0 radical (unpaired) electrons. The lowest BCUT2D eigenvalue weighted by molar-refractivity contribution is -0.140. The molecule has 2 aromatic rings. The van der Waals surface area contributed by atoms with Crippen molar-refractivity contribution in [2.45, 2.75) is 31.9 Å². The molecule has 132 valence electrons. The van der Waals surface area contributed by atoms with Crippen molar-refractivity contribution in [2.24, 2.45) is 0 Å². The van der Waals surface area contributed by atoms with Crippen molar-refractivity contribution in [1.29, 1.82) is 0 Å². The van der Waals surface area contributed by atoms with Crippen LogP contribution in [-0.4, -0.2) is 51.8 Å². The highest BCUT2D eigenvalue weighted by molar-refractivity contribution is 5.89. The molecule has 0 unspecified atom stereocenters. The normalized spacial score (nSPS) is 18.1. The minimum absolute atomic E-state index is 0.170. The lowest BCUT2D eigenvalue weighted by Gasteiger charge is -2.19. The lowest BCUT2D eigenvalue weighted by Crippen LogP contribution is -2.37. The standard InChI is InChI=1S/C17H19N3O5/c1-24-17(23)12-7-5-11(6-8-12)15-18-14(25-19-15)10-20-9-3-2-4-13(21)16(20)22/h5-8,13,21H,2-4,9-10H2,1H3/t13-/m0/s1. The molecule has 1 aliphatic rings. The molecule has 1 fully saturated rings. The third-order valence-electron chi connectivity index (χ3n) is 4.11. The molecule has 8 nitrogen and oxygen atoms in total. The highest BCUT2D eigenvalue weighted by Gasteiger charge is 2.26. The van der Waals surface area contributed by atoms with Crippen LogP contribution in [0.2, 0.25) is 0 Å². The number of aliphatic hydroxyl groups excluding tert-OH is 1. The summed E-state index contributed by atoms with van der Waals surface area (Å²) in [5.74, 6) is -0.0537. The molecular weight excluding hydrogens is 326 g/mol. The van der Waals surface area contributed by atoms with Gasteiger partial charge in [-0.15, -0.1) is 0 Å². The van der Waals surface area contributed by atoms with Gasteiger partial charge in [0.25, 0.3) is 5.91 Å². The topological polar surface area (TPSA) is 106 Å². The average Bonchev–Trinajstić information content (AvgIpc) is 3.05. The Morgan fingerprint density at radius 1 is 1.36 bits per heavy atom. The number of aliphatic hydroxyl groups is 1. The molecule has 1 aliphatic heterocycles. The first-order valence-corrected chi connectivity index (χ1v) is 8.06. The molecule has 1 amide bonds. The van der Waals surface area contributed by atoms with E-state index >= 15 is 0 Å². The number of methoxy groups -OCH3 is 1. The zero-order valence-corrected chi connectivity index (χ0v) is 13.8.